The fourth-order valence-electron chi connectivity index (χ4n) is 1.98. The topological polar surface area (TPSA) is 58.4 Å². The molecular formula is C15H15F2N3O. The van der Waals surface area contributed by atoms with Gasteiger partial charge in [-0.3, -0.25) is 10.2 Å². The lowest BCUT2D eigenvalue weighted by Gasteiger charge is -2.20. The summed E-state index contributed by atoms with van der Waals surface area (Å²) in [5.41, 5.74) is 3.20. The smallest absolute Gasteiger partial charge is 0.265 e. The maximum atomic E-state index is 13.8. The molecule has 0 saturated heterocycles. The quantitative estimate of drug-likeness (QED) is 0.516. The predicted octanol–water partition coefficient (Wildman–Crippen LogP) is 2.20. The highest BCUT2D eigenvalue weighted by Gasteiger charge is 2.11. The summed E-state index contributed by atoms with van der Waals surface area (Å²) in [6.07, 6.45) is 0. The van der Waals surface area contributed by atoms with Gasteiger partial charge in [-0.1, -0.05) is 6.07 Å². The fourth-order valence-corrected chi connectivity index (χ4v) is 1.98. The standard InChI is InChI=1S/C15H15F2N3O/c1-20(13-4-2-3-12(16)8-13)9-11-7-10(15(21)19-18)5-6-14(11)17/h2-8H,9,18H2,1H3,(H,19,21). The number of carbonyl (C=O) groups is 1. The van der Waals surface area contributed by atoms with E-state index in [4.69, 9.17) is 5.84 Å². The Labute approximate surface area is 121 Å². The molecule has 0 aliphatic heterocycles. The molecule has 0 radical (unpaired) electrons. The number of halogens is 2. The van der Waals surface area contributed by atoms with Gasteiger partial charge in [-0.05, 0) is 36.4 Å². The molecule has 0 saturated carbocycles. The van der Waals surface area contributed by atoms with Gasteiger partial charge in [-0.15, -0.1) is 0 Å². The maximum absolute atomic E-state index is 13.8. The molecule has 21 heavy (non-hydrogen) atoms. The number of rotatable bonds is 4. The van der Waals surface area contributed by atoms with Crippen molar-refractivity contribution in [1.29, 1.82) is 0 Å². The van der Waals surface area contributed by atoms with Crippen molar-refractivity contribution in [2.45, 2.75) is 6.54 Å². The van der Waals surface area contributed by atoms with Crippen molar-refractivity contribution in [3.8, 4) is 0 Å². The average molecular weight is 291 g/mol. The maximum Gasteiger partial charge on any atom is 0.265 e. The van der Waals surface area contributed by atoms with Crippen LogP contribution in [0.5, 0.6) is 0 Å². The second-order valence-electron chi connectivity index (χ2n) is 4.62. The van der Waals surface area contributed by atoms with E-state index in [1.54, 1.807) is 24.1 Å². The van der Waals surface area contributed by atoms with E-state index in [0.29, 0.717) is 11.3 Å². The molecule has 0 fully saturated rings. The number of amides is 1. The highest BCUT2D eigenvalue weighted by atomic mass is 19.1. The predicted molar refractivity (Wildman–Crippen MR) is 76.6 cm³/mol. The van der Waals surface area contributed by atoms with Crippen molar-refractivity contribution in [3.63, 3.8) is 0 Å². The zero-order valence-electron chi connectivity index (χ0n) is 11.4. The Morgan fingerprint density at radius 1 is 1.24 bits per heavy atom. The van der Waals surface area contributed by atoms with E-state index in [9.17, 15) is 13.6 Å². The van der Waals surface area contributed by atoms with Crippen LogP contribution in [0.1, 0.15) is 15.9 Å². The largest absolute Gasteiger partial charge is 0.370 e. The summed E-state index contributed by atoms with van der Waals surface area (Å²) in [7, 11) is 1.71. The number of nitrogens with one attached hydrogen (secondary N) is 1. The highest BCUT2D eigenvalue weighted by molar-refractivity contribution is 5.93. The van der Waals surface area contributed by atoms with E-state index in [-0.39, 0.29) is 17.9 Å². The number of carbonyl (C=O) groups excluding carboxylic acids is 1. The molecule has 2 aromatic rings. The van der Waals surface area contributed by atoms with Gasteiger partial charge in [0.05, 0.1) is 0 Å². The summed E-state index contributed by atoms with van der Waals surface area (Å²) in [6, 6.07) is 9.97. The van der Waals surface area contributed by atoms with Gasteiger partial charge >= 0.3 is 0 Å². The minimum Gasteiger partial charge on any atom is -0.370 e. The molecule has 4 nitrogen and oxygen atoms in total. The van der Waals surface area contributed by atoms with Crippen LogP contribution >= 0.6 is 0 Å². The summed E-state index contributed by atoms with van der Waals surface area (Å²) in [4.78, 5) is 13.1. The van der Waals surface area contributed by atoms with E-state index in [1.807, 2.05) is 5.43 Å². The number of benzene rings is 2. The Morgan fingerprint density at radius 2 is 2.00 bits per heavy atom. The fraction of sp³-hybridized carbons (Fsp3) is 0.133. The van der Waals surface area contributed by atoms with Crippen LogP contribution in [0, 0.1) is 11.6 Å². The number of hydrogen-bond acceptors (Lipinski definition) is 3. The third-order valence-electron chi connectivity index (χ3n) is 3.10. The van der Waals surface area contributed by atoms with Crippen LogP contribution in [0.25, 0.3) is 0 Å². The Balaban J connectivity index is 2.24. The van der Waals surface area contributed by atoms with E-state index < -0.39 is 11.7 Å². The molecule has 0 heterocycles. The number of hydrazine groups is 1. The summed E-state index contributed by atoms with van der Waals surface area (Å²) >= 11 is 0. The molecule has 1 amide bonds. The van der Waals surface area contributed by atoms with E-state index in [0.717, 1.165) is 0 Å². The molecule has 0 spiro atoms. The van der Waals surface area contributed by atoms with Crippen LogP contribution in [0.2, 0.25) is 0 Å². The lowest BCUT2D eigenvalue weighted by atomic mass is 10.1. The molecule has 0 atom stereocenters. The first-order valence-electron chi connectivity index (χ1n) is 6.27. The van der Waals surface area contributed by atoms with E-state index >= 15 is 0 Å². The second-order valence-corrected chi connectivity index (χ2v) is 4.62. The Bertz CT molecular complexity index is 661. The Kier molecular flexibility index (Phi) is 4.49. The van der Waals surface area contributed by atoms with Gasteiger partial charge in [-0.2, -0.15) is 0 Å². The Morgan fingerprint density at radius 3 is 2.67 bits per heavy atom. The summed E-state index contributed by atoms with van der Waals surface area (Å²) in [5.74, 6) is 3.76. The zero-order chi connectivity index (χ0) is 15.4. The normalized spacial score (nSPS) is 10.3. The van der Waals surface area contributed by atoms with E-state index in [2.05, 4.69) is 0 Å². The van der Waals surface area contributed by atoms with Crippen molar-refractivity contribution >= 4 is 11.6 Å². The van der Waals surface area contributed by atoms with Gasteiger partial charge in [0.15, 0.2) is 0 Å². The number of nitrogen functional groups attached to an aromatic ring is 1. The minimum absolute atomic E-state index is 0.195. The lowest BCUT2D eigenvalue weighted by Crippen LogP contribution is -2.30. The average Bonchev–Trinajstić information content (AvgIpc) is 2.48. The number of nitrogens with two attached hydrogens (primary N) is 1. The molecule has 3 N–H and O–H groups in total. The van der Waals surface area contributed by atoms with Gasteiger partial charge in [0.1, 0.15) is 11.6 Å². The van der Waals surface area contributed by atoms with Gasteiger partial charge in [0, 0.05) is 30.4 Å². The van der Waals surface area contributed by atoms with Gasteiger partial charge in [0.25, 0.3) is 5.91 Å². The SMILES string of the molecule is CN(Cc1cc(C(=O)NN)ccc1F)c1cccc(F)c1. The van der Waals surface area contributed by atoms with Crippen LogP contribution in [0.4, 0.5) is 14.5 Å². The summed E-state index contributed by atoms with van der Waals surface area (Å²) < 4.78 is 27.0. The first kappa shape index (κ1) is 14.9. The van der Waals surface area contributed by atoms with Crippen molar-refractivity contribution in [1.82, 2.24) is 5.43 Å². The first-order valence-corrected chi connectivity index (χ1v) is 6.27. The van der Waals surface area contributed by atoms with Crippen molar-refractivity contribution in [2.75, 3.05) is 11.9 Å². The van der Waals surface area contributed by atoms with Gasteiger partial charge in [-0.25, -0.2) is 14.6 Å². The van der Waals surface area contributed by atoms with Crippen molar-refractivity contribution in [3.05, 3.63) is 65.2 Å². The molecule has 0 unspecified atom stereocenters. The zero-order valence-corrected chi connectivity index (χ0v) is 11.4. The number of nitrogens with zero attached hydrogens (tertiary/aromatic N) is 1. The molecule has 110 valence electrons. The molecule has 0 aromatic heterocycles. The van der Waals surface area contributed by atoms with Crippen LogP contribution in [-0.4, -0.2) is 13.0 Å². The molecule has 6 heteroatoms. The van der Waals surface area contributed by atoms with Crippen LogP contribution < -0.4 is 16.2 Å². The van der Waals surface area contributed by atoms with Crippen LogP contribution in [0.15, 0.2) is 42.5 Å². The molecule has 0 aliphatic rings. The minimum atomic E-state index is -0.496. The highest BCUT2D eigenvalue weighted by Crippen LogP contribution is 2.19. The Hall–Kier alpha value is -2.47. The molecule has 2 rings (SSSR count). The van der Waals surface area contributed by atoms with Crippen molar-refractivity contribution in [2.24, 2.45) is 5.84 Å². The van der Waals surface area contributed by atoms with Gasteiger partial charge in [0.2, 0.25) is 0 Å². The third-order valence-corrected chi connectivity index (χ3v) is 3.10. The second kappa shape index (κ2) is 6.32. The lowest BCUT2D eigenvalue weighted by molar-refractivity contribution is 0.0953. The summed E-state index contributed by atoms with van der Waals surface area (Å²) in [6.45, 7) is 0.195. The molecular weight excluding hydrogens is 276 g/mol. The van der Waals surface area contributed by atoms with E-state index in [1.165, 1.54) is 30.3 Å². The molecule has 0 bridgehead atoms. The van der Waals surface area contributed by atoms with Crippen molar-refractivity contribution < 1.29 is 13.6 Å². The first-order chi connectivity index (χ1) is 10.0. The van der Waals surface area contributed by atoms with Gasteiger partial charge < -0.3 is 4.90 Å². The monoisotopic (exact) mass is 291 g/mol. The third kappa shape index (κ3) is 3.55. The summed E-state index contributed by atoms with van der Waals surface area (Å²) in [5, 5.41) is 0. The number of hydrogen-bond donors (Lipinski definition) is 2. The molecule has 0 aliphatic carbocycles. The van der Waals surface area contributed by atoms with Crippen LogP contribution in [-0.2, 0) is 6.54 Å². The van der Waals surface area contributed by atoms with Crippen LogP contribution in [0.3, 0.4) is 0 Å². The molecule has 2 aromatic carbocycles. The number of anilines is 1.